The van der Waals surface area contributed by atoms with E-state index in [0.29, 0.717) is 5.88 Å². The van der Waals surface area contributed by atoms with Crippen molar-refractivity contribution in [3.63, 3.8) is 0 Å². The first-order valence-corrected chi connectivity index (χ1v) is 6.69. The minimum absolute atomic E-state index is 0.142. The van der Waals surface area contributed by atoms with Crippen LogP contribution in [0.15, 0.2) is 30.6 Å². The number of anilines is 1. The van der Waals surface area contributed by atoms with Gasteiger partial charge >= 0.3 is 0 Å². The number of rotatable bonds is 3. The van der Waals surface area contributed by atoms with Crippen LogP contribution < -0.4 is 10.1 Å². The summed E-state index contributed by atoms with van der Waals surface area (Å²) in [6.07, 6.45) is 1.50. The molecule has 0 bridgehead atoms. The SMILES string of the molecule is CNc1ncnc(Oc2ccc(C(C)(C)C)cc2)c1C. The zero-order chi connectivity index (χ0) is 14.8. The molecule has 1 N–H and O–H groups in total. The van der Waals surface area contributed by atoms with E-state index in [-0.39, 0.29) is 5.41 Å². The first-order valence-electron chi connectivity index (χ1n) is 6.69. The molecule has 4 nitrogen and oxygen atoms in total. The monoisotopic (exact) mass is 271 g/mol. The van der Waals surface area contributed by atoms with Gasteiger partial charge in [0.25, 0.3) is 0 Å². The maximum atomic E-state index is 5.83. The van der Waals surface area contributed by atoms with Crippen LogP contribution in [0.5, 0.6) is 11.6 Å². The zero-order valence-corrected chi connectivity index (χ0v) is 12.7. The highest BCUT2D eigenvalue weighted by Crippen LogP contribution is 2.28. The van der Waals surface area contributed by atoms with E-state index in [1.165, 1.54) is 11.9 Å². The van der Waals surface area contributed by atoms with Crippen LogP contribution in [0.3, 0.4) is 0 Å². The summed E-state index contributed by atoms with van der Waals surface area (Å²) >= 11 is 0. The van der Waals surface area contributed by atoms with Crippen LogP contribution in [-0.2, 0) is 5.41 Å². The average Bonchev–Trinajstić information content (AvgIpc) is 2.41. The smallest absolute Gasteiger partial charge is 0.227 e. The van der Waals surface area contributed by atoms with Gasteiger partial charge in [0.15, 0.2) is 0 Å². The molecule has 0 saturated carbocycles. The second-order valence-corrected chi connectivity index (χ2v) is 5.78. The quantitative estimate of drug-likeness (QED) is 0.919. The molecule has 2 aromatic rings. The molecular formula is C16H21N3O. The van der Waals surface area contributed by atoms with Gasteiger partial charge in [-0.2, -0.15) is 0 Å². The molecule has 0 saturated heterocycles. The van der Waals surface area contributed by atoms with Gasteiger partial charge in [-0.1, -0.05) is 32.9 Å². The predicted octanol–water partition coefficient (Wildman–Crippen LogP) is 3.92. The molecule has 106 valence electrons. The van der Waals surface area contributed by atoms with Crippen molar-refractivity contribution >= 4 is 5.82 Å². The average molecular weight is 271 g/mol. The van der Waals surface area contributed by atoms with E-state index in [4.69, 9.17) is 4.74 Å². The molecule has 1 aromatic heterocycles. The molecule has 2 rings (SSSR count). The number of hydrogen-bond donors (Lipinski definition) is 1. The number of nitrogens with one attached hydrogen (secondary N) is 1. The van der Waals surface area contributed by atoms with Crippen LogP contribution in [0, 0.1) is 6.92 Å². The lowest BCUT2D eigenvalue weighted by Crippen LogP contribution is -2.10. The third-order valence-electron chi connectivity index (χ3n) is 3.21. The summed E-state index contributed by atoms with van der Waals surface area (Å²) in [5.74, 6) is 2.14. The van der Waals surface area contributed by atoms with Crippen LogP contribution in [0.4, 0.5) is 5.82 Å². The lowest BCUT2D eigenvalue weighted by molar-refractivity contribution is 0.457. The summed E-state index contributed by atoms with van der Waals surface area (Å²) in [7, 11) is 1.83. The molecule has 20 heavy (non-hydrogen) atoms. The summed E-state index contributed by atoms with van der Waals surface area (Å²) in [6.45, 7) is 8.51. The Morgan fingerprint density at radius 2 is 1.70 bits per heavy atom. The van der Waals surface area contributed by atoms with Crippen molar-refractivity contribution < 1.29 is 4.74 Å². The van der Waals surface area contributed by atoms with Gasteiger partial charge in [-0.3, -0.25) is 0 Å². The van der Waals surface area contributed by atoms with Crippen molar-refractivity contribution in [2.45, 2.75) is 33.1 Å². The molecule has 0 unspecified atom stereocenters. The summed E-state index contributed by atoms with van der Waals surface area (Å²) in [5.41, 5.74) is 2.32. The van der Waals surface area contributed by atoms with Crippen molar-refractivity contribution in [3.8, 4) is 11.6 Å². The van der Waals surface area contributed by atoms with Crippen molar-refractivity contribution in [3.05, 3.63) is 41.7 Å². The van der Waals surface area contributed by atoms with Crippen molar-refractivity contribution in [2.75, 3.05) is 12.4 Å². The highest BCUT2D eigenvalue weighted by atomic mass is 16.5. The van der Waals surface area contributed by atoms with Crippen molar-refractivity contribution in [2.24, 2.45) is 0 Å². The molecule has 1 heterocycles. The van der Waals surface area contributed by atoms with Crippen LogP contribution in [-0.4, -0.2) is 17.0 Å². The Kier molecular flexibility index (Phi) is 3.93. The standard InChI is InChI=1S/C16H21N3O/c1-11-14(17-5)18-10-19-15(11)20-13-8-6-12(7-9-13)16(2,3)4/h6-10H,1-5H3,(H,17,18,19). The fourth-order valence-electron chi connectivity index (χ4n) is 1.92. The maximum absolute atomic E-state index is 5.83. The third kappa shape index (κ3) is 3.07. The molecule has 0 amide bonds. The molecule has 0 aliphatic rings. The van der Waals surface area contributed by atoms with Gasteiger partial charge in [0.05, 0.1) is 5.56 Å². The summed E-state index contributed by atoms with van der Waals surface area (Å²) in [6, 6.07) is 8.12. The summed E-state index contributed by atoms with van der Waals surface area (Å²) < 4.78 is 5.83. The number of nitrogens with zero attached hydrogens (tertiary/aromatic N) is 2. The number of ether oxygens (including phenoxy) is 1. The highest BCUT2D eigenvalue weighted by molar-refractivity contribution is 5.48. The fraction of sp³-hybridized carbons (Fsp3) is 0.375. The van der Waals surface area contributed by atoms with Gasteiger partial charge in [-0.05, 0) is 30.0 Å². The van der Waals surface area contributed by atoms with Crippen LogP contribution in [0.2, 0.25) is 0 Å². The van der Waals surface area contributed by atoms with Gasteiger partial charge in [0.1, 0.15) is 17.9 Å². The zero-order valence-electron chi connectivity index (χ0n) is 12.7. The first kappa shape index (κ1) is 14.3. The molecule has 0 fully saturated rings. The van der Waals surface area contributed by atoms with Gasteiger partial charge in [-0.15, -0.1) is 0 Å². The molecule has 4 heteroatoms. The largest absolute Gasteiger partial charge is 0.439 e. The van der Waals surface area contributed by atoms with E-state index in [1.807, 2.05) is 26.1 Å². The number of hydrogen-bond acceptors (Lipinski definition) is 4. The fourth-order valence-corrected chi connectivity index (χ4v) is 1.92. The minimum atomic E-state index is 0.142. The molecule has 0 aliphatic heterocycles. The Morgan fingerprint density at radius 3 is 2.25 bits per heavy atom. The van der Waals surface area contributed by atoms with Crippen LogP contribution in [0.1, 0.15) is 31.9 Å². The Hall–Kier alpha value is -2.10. The number of aromatic nitrogens is 2. The highest BCUT2D eigenvalue weighted by Gasteiger charge is 2.13. The van der Waals surface area contributed by atoms with Crippen LogP contribution >= 0.6 is 0 Å². The Labute approximate surface area is 120 Å². The van der Waals surface area contributed by atoms with Gasteiger partial charge in [0, 0.05) is 7.05 Å². The molecular weight excluding hydrogens is 250 g/mol. The van der Waals surface area contributed by atoms with Gasteiger partial charge < -0.3 is 10.1 Å². The van der Waals surface area contributed by atoms with Gasteiger partial charge in [-0.25, -0.2) is 9.97 Å². The molecule has 0 spiro atoms. The van der Waals surface area contributed by atoms with Crippen molar-refractivity contribution in [1.29, 1.82) is 0 Å². The predicted molar refractivity (Wildman–Crippen MR) is 81.5 cm³/mol. The van der Waals surface area contributed by atoms with Crippen LogP contribution in [0.25, 0.3) is 0 Å². The second kappa shape index (κ2) is 5.49. The molecule has 0 aliphatic carbocycles. The van der Waals surface area contributed by atoms with E-state index >= 15 is 0 Å². The normalized spacial score (nSPS) is 11.2. The lowest BCUT2D eigenvalue weighted by atomic mass is 9.87. The third-order valence-corrected chi connectivity index (χ3v) is 3.21. The molecule has 1 aromatic carbocycles. The van der Waals surface area contributed by atoms with E-state index in [9.17, 15) is 0 Å². The lowest BCUT2D eigenvalue weighted by Gasteiger charge is -2.19. The van der Waals surface area contributed by atoms with E-state index in [1.54, 1.807) is 0 Å². The Balaban J connectivity index is 2.23. The van der Waals surface area contributed by atoms with E-state index < -0.39 is 0 Å². The molecule has 0 atom stereocenters. The van der Waals surface area contributed by atoms with Crippen molar-refractivity contribution in [1.82, 2.24) is 9.97 Å². The molecule has 0 radical (unpaired) electrons. The summed E-state index contributed by atoms with van der Waals surface area (Å²) in [5, 5.41) is 3.02. The minimum Gasteiger partial charge on any atom is -0.439 e. The Morgan fingerprint density at radius 1 is 1.05 bits per heavy atom. The van der Waals surface area contributed by atoms with Gasteiger partial charge in [0.2, 0.25) is 5.88 Å². The maximum Gasteiger partial charge on any atom is 0.227 e. The number of benzene rings is 1. The Bertz CT molecular complexity index is 586. The summed E-state index contributed by atoms with van der Waals surface area (Å²) in [4.78, 5) is 8.32. The second-order valence-electron chi connectivity index (χ2n) is 5.78. The first-order chi connectivity index (χ1) is 9.41. The topological polar surface area (TPSA) is 47.0 Å². The van der Waals surface area contributed by atoms with E-state index in [2.05, 4.69) is 48.2 Å². The van der Waals surface area contributed by atoms with E-state index in [0.717, 1.165) is 17.1 Å².